The quantitative estimate of drug-likeness (QED) is 0.254. The van der Waals surface area contributed by atoms with Gasteiger partial charge in [0, 0.05) is 42.0 Å². The third-order valence-corrected chi connectivity index (χ3v) is 7.26. The van der Waals surface area contributed by atoms with Crippen LogP contribution < -0.4 is 10.1 Å². The average Bonchev–Trinajstić information content (AvgIpc) is 3.67. The molecule has 208 valence electrons. The number of nitrogens with zero attached hydrogens (tertiary/aromatic N) is 1. The first-order valence-electron chi connectivity index (χ1n) is 13.8. The minimum absolute atomic E-state index is 0.114. The van der Waals surface area contributed by atoms with Crippen LogP contribution in [0.4, 0.5) is 0 Å². The van der Waals surface area contributed by atoms with Crippen molar-refractivity contribution in [1.82, 2.24) is 10.5 Å². The third kappa shape index (κ3) is 7.49. The van der Waals surface area contributed by atoms with Crippen LogP contribution in [0.3, 0.4) is 0 Å². The van der Waals surface area contributed by atoms with Crippen LogP contribution in [-0.2, 0) is 27.3 Å². The molecule has 1 aliphatic carbocycles. The van der Waals surface area contributed by atoms with Crippen molar-refractivity contribution in [2.24, 2.45) is 5.92 Å². The van der Waals surface area contributed by atoms with Gasteiger partial charge in [-0.15, -0.1) is 0 Å². The van der Waals surface area contributed by atoms with Crippen molar-refractivity contribution in [3.63, 3.8) is 0 Å². The number of amides is 1. The largest absolute Gasteiger partial charge is 0.496 e. The highest BCUT2D eigenvalue weighted by molar-refractivity contribution is 5.77. The molecule has 1 saturated carbocycles. The first-order chi connectivity index (χ1) is 18.8. The van der Waals surface area contributed by atoms with E-state index < -0.39 is 0 Å². The fraction of sp³-hybridized carbons (Fsp3) is 0.469. The Bertz CT molecular complexity index is 1270. The van der Waals surface area contributed by atoms with Crippen molar-refractivity contribution in [3.05, 3.63) is 70.4 Å². The standard InChI is InChI=1S/C32H40N2O5/c1-20(2)16-22-7-10-24(11-8-22)32-30(23-12-13-23)31(34-39-32)25(14-15-29(36)38-5)18-28(35)33-19-26-9-6-21(3)17-27(26)37-4/h6-11,17,20,23,25H,12-16,18-19H2,1-5H3,(H,33,35). The lowest BCUT2D eigenvalue weighted by Crippen LogP contribution is -2.25. The van der Waals surface area contributed by atoms with E-state index in [2.05, 4.69) is 48.6 Å². The molecule has 1 heterocycles. The molecular formula is C32H40N2O5. The van der Waals surface area contributed by atoms with Crippen molar-refractivity contribution in [2.75, 3.05) is 14.2 Å². The summed E-state index contributed by atoms with van der Waals surface area (Å²) < 4.78 is 16.3. The molecule has 39 heavy (non-hydrogen) atoms. The zero-order valence-corrected chi connectivity index (χ0v) is 23.7. The molecule has 0 radical (unpaired) electrons. The first kappa shape index (κ1) is 28.4. The normalized spacial score (nSPS) is 13.8. The van der Waals surface area contributed by atoms with E-state index in [1.54, 1.807) is 7.11 Å². The number of esters is 1. The number of aryl methyl sites for hydroxylation is 1. The molecule has 4 rings (SSSR count). The Morgan fingerprint density at radius 3 is 2.49 bits per heavy atom. The van der Waals surface area contributed by atoms with Crippen LogP contribution in [0.2, 0.25) is 0 Å². The Morgan fingerprint density at radius 2 is 1.85 bits per heavy atom. The van der Waals surface area contributed by atoms with Crippen LogP contribution >= 0.6 is 0 Å². The van der Waals surface area contributed by atoms with Crippen LogP contribution in [0.5, 0.6) is 5.75 Å². The third-order valence-electron chi connectivity index (χ3n) is 7.26. The molecule has 1 fully saturated rings. The van der Waals surface area contributed by atoms with Crippen molar-refractivity contribution in [3.8, 4) is 17.1 Å². The van der Waals surface area contributed by atoms with Gasteiger partial charge in [-0.3, -0.25) is 9.59 Å². The Labute approximate surface area is 231 Å². The van der Waals surface area contributed by atoms with Crippen LogP contribution in [0.1, 0.15) is 85.7 Å². The predicted octanol–water partition coefficient (Wildman–Crippen LogP) is 6.48. The Balaban J connectivity index is 1.55. The maximum Gasteiger partial charge on any atom is 0.305 e. The van der Waals surface area contributed by atoms with Crippen LogP contribution in [-0.4, -0.2) is 31.3 Å². The first-order valence-corrected chi connectivity index (χ1v) is 13.8. The highest BCUT2D eigenvalue weighted by Crippen LogP contribution is 2.48. The van der Waals surface area contributed by atoms with Crippen LogP contribution in [0.15, 0.2) is 47.0 Å². The van der Waals surface area contributed by atoms with Gasteiger partial charge in [0.15, 0.2) is 5.76 Å². The second kappa shape index (κ2) is 13.0. The maximum absolute atomic E-state index is 13.2. The van der Waals surface area contributed by atoms with Crippen LogP contribution in [0.25, 0.3) is 11.3 Å². The lowest BCUT2D eigenvalue weighted by molar-refractivity contribution is -0.141. The minimum Gasteiger partial charge on any atom is -0.496 e. The second-order valence-electron chi connectivity index (χ2n) is 11.0. The van der Waals surface area contributed by atoms with E-state index >= 15 is 0 Å². The average molecular weight is 533 g/mol. The van der Waals surface area contributed by atoms with Crippen molar-refractivity contribution >= 4 is 11.9 Å². The predicted molar refractivity (Wildman–Crippen MR) is 151 cm³/mol. The van der Waals surface area contributed by atoms with Crippen molar-refractivity contribution in [1.29, 1.82) is 0 Å². The Hall–Kier alpha value is -3.61. The summed E-state index contributed by atoms with van der Waals surface area (Å²) in [5.74, 6) is 1.78. The summed E-state index contributed by atoms with van der Waals surface area (Å²) in [7, 11) is 3.01. The smallest absolute Gasteiger partial charge is 0.305 e. The summed E-state index contributed by atoms with van der Waals surface area (Å²) in [5, 5.41) is 7.54. The molecule has 1 aromatic heterocycles. The number of carbonyl (C=O) groups excluding carboxylic acids is 2. The molecule has 0 aliphatic heterocycles. The van der Waals surface area contributed by atoms with Gasteiger partial charge in [0.2, 0.25) is 5.91 Å². The fourth-order valence-corrected chi connectivity index (χ4v) is 5.06. The number of ether oxygens (including phenoxy) is 2. The number of carbonyl (C=O) groups is 2. The van der Waals surface area contributed by atoms with Gasteiger partial charge < -0.3 is 19.3 Å². The number of hydrogen-bond donors (Lipinski definition) is 1. The zero-order chi connectivity index (χ0) is 27.9. The molecule has 7 heteroatoms. The highest BCUT2D eigenvalue weighted by atomic mass is 16.5. The Morgan fingerprint density at radius 1 is 1.10 bits per heavy atom. The molecular weight excluding hydrogens is 492 g/mol. The topological polar surface area (TPSA) is 90.7 Å². The molecule has 1 amide bonds. The lowest BCUT2D eigenvalue weighted by atomic mass is 9.89. The van der Waals surface area contributed by atoms with E-state index in [4.69, 9.17) is 14.0 Å². The molecule has 0 spiro atoms. The summed E-state index contributed by atoms with van der Waals surface area (Å²) in [6, 6.07) is 14.4. The van der Waals surface area contributed by atoms with Gasteiger partial charge in [-0.2, -0.15) is 0 Å². The fourth-order valence-electron chi connectivity index (χ4n) is 5.06. The number of hydrogen-bond acceptors (Lipinski definition) is 6. The van der Waals surface area contributed by atoms with Gasteiger partial charge >= 0.3 is 5.97 Å². The highest BCUT2D eigenvalue weighted by Gasteiger charge is 2.36. The number of methoxy groups -OCH3 is 2. The van der Waals surface area contributed by atoms with E-state index in [0.717, 1.165) is 58.7 Å². The summed E-state index contributed by atoms with van der Waals surface area (Å²) in [6.07, 6.45) is 4.01. The number of aromatic nitrogens is 1. The molecule has 2 aromatic carbocycles. The van der Waals surface area contributed by atoms with Gasteiger partial charge in [-0.05, 0) is 61.6 Å². The molecule has 1 N–H and O–H groups in total. The van der Waals surface area contributed by atoms with E-state index in [9.17, 15) is 9.59 Å². The SMILES string of the molecule is COC(=O)CCC(CC(=O)NCc1ccc(C)cc1OC)c1noc(-c2ccc(CC(C)C)cc2)c1C1CC1. The molecule has 3 aromatic rings. The van der Waals surface area contributed by atoms with Gasteiger partial charge in [0.1, 0.15) is 5.75 Å². The molecule has 0 saturated heterocycles. The van der Waals surface area contributed by atoms with Gasteiger partial charge in [-0.1, -0.05) is 55.4 Å². The molecule has 0 bridgehead atoms. The molecule has 1 aliphatic rings. The molecule has 1 unspecified atom stereocenters. The van der Waals surface area contributed by atoms with Crippen molar-refractivity contribution in [2.45, 2.75) is 77.7 Å². The summed E-state index contributed by atoms with van der Waals surface area (Å²) in [4.78, 5) is 25.2. The van der Waals surface area contributed by atoms with Crippen LogP contribution in [0, 0.1) is 12.8 Å². The summed E-state index contributed by atoms with van der Waals surface area (Å²) in [5.41, 5.74) is 6.14. The van der Waals surface area contributed by atoms with Gasteiger partial charge in [-0.25, -0.2) is 0 Å². The summed E-state index contributed by atoms with van der Waals surface area (Å²) in [6.45, 7) is 6.78. The molecule has 7 nitrogen and oxygen atoms in total. The lowest BCUT2D eigenvalue weighted by Gasteiger charge is -2.16. The monoisotopic (exact) mass is 532 g/mol. The number of nitrogens with one attached hydrogen (secondary N) is 1. The Kier molecular flexibility index (Phi) is 9.44. The zero-order valence-electron chi connectivity index (χ0n) is 23.7. The van der Waals surface area contributed by atoms with Crippen molar-refractivity contribution < 1.29 is 23.6 Å². The minimum atomic E-state index is -0.303. The van der Waals surface area contributed by atoms with Gasteiger partial charge in [0.05, 0.1) is 19.9 Å². The van der Waals surface area contributed by atoms with E-state index in [0.29, 0.717) is 24.8 Å². The number of benzene rings is 2. The number of rotatable bonds is 13. The second-order valence-corrected chi connectivity index (χ2v) is 11.0. The van der Waals surface area contributed by atoms with E-state index in [1.165, 1.54) is 12.7 Å². The van der Waals surface area contributed by atoms with E-state index in [-0.39, 0.29) is 30.6 Å². The maximum atomic E-state index is 13.2. The van der Waals surface area contributed by atoms with Gasteiger partial charge in [0.25, 0.3) is 0 Å². The van der Waals surface area contributed by atoms with E-state index in [1.807, 2.05) is 25.1 Å². The summed E-state index contributed by atoms with van der Waals surface area (Å²) >= 11 is 0. The molecule has 1 atom stereocenters.